The number of ether oxygens (including phenoxy) is 6. The monoisotopic (exact) mass is 1940 g/mol. The maximum absolute atomic E-state index is 11.2. The first kappa shape index (κ1) is 106. The Kier molecular flexibility index (Phi) is 41.8. The van der Waals surface area contributed by atoms with Crippen LogP contribution in [0.15, 0.2) is 200 Å². The lowest BCUT2D eigenvalue weighted by molar-refractivity contribution is 0.281. The molecule has 13 aromatic carbocycles. The van der Waals surface area contributed by atoms with Gasteiger partial charge in [-0.15, -0.1) is 0 Å². The van der Waals surface area contributed by atoms with E-state index in [4.69, 9.17) is 48.4 Å². The van der Waals surface area contributed by atoms with E-state index in [9.17, 15) is 30.6 Å². The third-order valence-electron chi connectivity index (χ3n) is 27.0. The number of aromatic hydroxyl groups is 6. The van der Waals surface area contributed by atoms with Gasteiger partial charge in [-0.1, -0.05) is 392 Å². The maximum Gasteiger partial charge on any atom is 0.320 e. The fourth-order valence-electron chi connectivity index (χ4n) is 19.3. The average molecular weight is 1950 g/mol. The number of unbranched alkanes of at least 4 members (excludes halogenated alkanes) is 36. The lowest BCUT2D eigenvalue weighted by Crippen LogP contribution is -2.05. The summed E-state index contributed by atoms with van der Waals surface area (Å²) in [5.74, 6) is 1.79. The van der Waals surface area contributed by atoms with Crippen LogP contribution in [0.2, 0.25) is 0 Å². The van der Waals surface area contributed by atoms with Crippen LogP contribution in [-0.4, -0.2) is 115 Å². The number of phenols is 6. The highest BCUT2D eigenvalue weighted by Gasteiger charge is 2.26. The van der Waals surface area contributed by atoms with Crippen molar-refractivity contribution in [1.82, 2.24) is 44.9 Å². The zero-order chi connectivity index (χ0) is 100. The minimum absolute atomic E-state index is 0.103. The zero-order valence-electron chi connectivity index (χ0n) is 85.7. The molecule has 0 saturated heterocycles. The summed E-state index contributed by atoms with van der Waals surface area (Å²) in [6, 6.07) is 65.5. The van der Waals surface area contributed by atoms with Crippen molar-refractivity contribution in [2.24, 2.45) is 0 Å². The number of nitrogens with zero attached hydrogens (tertiary/aromatic N) is 9. The number of rotatable bonds is 58. The van der Waals surface area contributed by atoms with E-state index in [1.165, 1.54) is 263 Å². The van der Waals surface area contributed by atoms with Gasteiger partial charge in [0.05, 0.1) is 39.6 Å². The molecule has 16 rings (SSSR count). The Morgan fingerprint density at radius 1 is 0.194 bits per heavy atom. The summed E-state index contributed by atoms with van der Waals surface area (Å²) in [7, 11) is 0. The van der Waals surface area contributed by atoms with Crippen molar-refractivity contribution in [2.45, 2.75) is 298 Å². The predicted molar refractivity (Wildman–Crippen MR) is 588 cm³/mol. The van der Waals surface area contributed by atoms with Crippen LogP contribution in [0.5, 0.6) is 69.8 Å². The van der Waals surface area contributed by atoms with Crippen LogP contribution in [0.1, 0.15) is 298 Å². The molecule has 0 aliphatic heterocycles. The van der Waals surface area contributed by atoms with Gasteiger partial charge in [0.1, 0.15) is 68.4 Å². The molecule has 0 unspecified atom stereocenters. The smallest absolute Gasteiger partial charge is 0.320 e. The molecule has 3 aromatic heterocycles. The first-order valence-corrected chi connectivity index (χ1v) is 54.0. The number of fused-ring (bicyclic) bond motifs is 5. The Morgan fingerprint density at radius 2 is 0.493 bits per heavy atom. The molecule has 0 saturated carbocycles. The first-order chi connectivity index (χ1) is 70.7. The quantitative estimate of drug-likeness (QED) is 0.0117. The van der Waals surface area contributed by atoms with E-state index >= 15 is 0 Å². The van der Waals surface area contributed by atoms with Gasteiger partial charge < -0.3 is 59.1 Å². The molecule has 6 N–H and O–H groups in total. The van der Waals surface area contributed by atoms with Crippen LogP contribution in [0, 0.1) is 0 Å². The van der Waals surface area contributed by atoms with E-state index < -0.39 is 0 Å². The number of aromatic nitrogens is 9. The van der Waals surface area contributed by atoms with Crippen LogP contribution < -0.4 is 28.4 Å². The lowest BCUT2D eigenvalue weighted by Gasteiger charge is -2.15. The topological polar surface area (TPSA) is 293 Å². The lowest BCUT2D eigenvalue weighted by atomic mass is 9.92. The van der Waals surface area contributed by atoms with Crippen LogP contribution in [0.3, 0.4) is 0 Å². The second-order valence-corrected chi connectivity index (χ2v) is 38.2. The van der Waals surface area contributed by atoms with Crippen LogP contribution >= 0.6 is 0 Å². The Labute approximate surface area is 850 Å². The molecule has 0 aliphatic carbocycles. The molecule has 0 spiro atoms. The summed E-state index contributed by atoms with van der Waals surface area (Å²) in [5, 5.41) is 82.1. The van der Waals surface area contributed by atoms with Crippen LogP contribution in [0.4, 0.5) is 0 Å². The Balaban J connectivity index is 0.000000172. The van der Waals surface area contributed by atoms with E-state index in [1.807, 2.05) is 68.4 Å². The minimum Gasteiger partial charge on any atom is -0.507 e. The summed E-state index contributed by atoms with van der Waals surface area (Å²) in [5.41, 5.74) is 2.74. The minimum atomic E-state index is -0.175. The summed E-state index contributed by atoms with van der Waals surface area (Å²) in [4.78, 5) is 41.7. The largest absolute Gasteiger partial charge is 0.507 e. The average Bonchev–Trinajstić information content (AvgIpc) is 0.730. The fourth-order valence-corrected chi connectivity index (χ4v) is 19.3. The molecular formula is C123H149N9O12. The second kappa shape index (κ2) is 56.6. The van der Waals surface area contributed by atoms with Crippen LogP contribution in [-0.2, 0) is 0 Å². The summed E-state index contributed by atoms with van der Waals surface area (Å²) in [6.07, 6.45) is 49.7. The molecule has 0 amide bonds. The Bertz CT molecular complexity index is 6650. The van der Waals surface area contributed by atoms with Crippen LogP contribution in [0.25, 0.3) is 144 Å². The molecule has 0 radical (unpaired) electrons. The molecular weight excluding hydrogens is 1800 g/mol. The molecule has 144 heavy (non-hydrogen) atoms. The van der Waals surface area contributed by atoms with Crippen molar-refractivity contribution >= 4 is 75.4 Å². The van der Waals surface area contributed by atoms with Gasteiger partial charge in [-0.25, -0.2) is 15.0 Å². The zero-order valence-corrected chi connectivity index (χ0v) is 85.7. The third-order valence-corrected chi connectivity index (χ3v) is 27.0. The Hall–Kier alpha value is -13.4. The van der Waals surface area contributed by atoms with E-state index in [1.54, 1.807) is 0 Å². The number of hydrogen-bond acceptors (Lipinski definition) is 21. The standard InChI is InChI=1S/C47H63N3O4.C39H43N3O4.C37H43N3O4/c1-3-5-7-9-11-13-15-17-19-23-29-53-41-34-42(51)44(43(52)35-41)46-48-45(39-28-27-38-31-36-25-21-22-26-37(36)32-40(38)33-39)49-47(50-46)54-30-24-20-18-16-14-12-10-8-6-4-2;1-3-5-6-7-8-9-10-11-12-13-23-46-29-24-32(43)36(33(44)25-29)38-40-37(41-39(42-38)45-4-2)31-22-20-28-18-17-26-15-14-16-27-19-21-30(31)35(28)34(26)27;1-3-5-6-7-8-9-10-11-12-17-22-44-27-24-32(41)34(33(42)25-27)36-38-35(39-37(40-36)43-4-2)31-23-26-18-13-14-19-28(26)29-20-15-16-21-30(29)31/h21-22,25-28,31-35,51-52H,3-20,23-24,29-30H2,1-2H3;14-22,24-25,43-44H,3-13,23H2,1-2H3;13-16,18-21,23-25,41-42H,3-12,17,22H2,1-2H3. The van der Waals surface area contributed by atoms with Gasteiger partial charge in [0.25, 0.3) is 0 Å². The van der Waals surface area contributed by atoms with Gasteiger partial charge in [0.15, 0.2) is 34.9 Å². The third kappa shape index (κ3) is 30.1. The predicted octanol–water partition coefficient (Wildman–Crippen LogP) is 33.4. The molecule has 0 fully saturated rings. The second-order valence-electron chi connectivity index (χ2n) is 38.2. The van der Waals surface area contributed by atoms with Crippen molar-refractivity contribution < 1.29 is 59.1 Å². The first-order valence-electron chi connectivity index (χ1n) is 54.0. The van der Waals surface area contributed by atoms with Crippen molar-refractivity contribution in [3.63, 3.8) is 0 Å². The van der Waals surface area contributed by atoms with Gasteiger partial charge in [0, 0.05) is 53.1 Å². The molecule has 0 atom stereocenters. The molecule has 16 aromatic rings. The van der Waals surface area contributed by atoms with E-state index in [2.05, 4.69) is 162 Å². The fraction of sp³-hybridized carbons (Fsp3) is 0.423. The molecule has 21 heteroatoms. The maximum atomic E-state index is 11.2. The highest BCUT2D eigenvalue weighted by molar-refractivity contribution is 6.25. The summed E-state index contributed by atoms with van der Waals surface area (Å²) < 4.78 is 35.3. The molecule has 0 bridgehead atoms. The van der Waals surface area contributed by atoms with Gasteiger partial charge in [-0.2, -0.15) is 29.9 Å². The van der Waals surface area contributed by atoms with Gasteiger partial charge in [-0.3, -0.25) is 0 Å². The van der Waals surface area contributed by atoms with E-state index in [-0.39, 0.29) is 86.7 Å². The number of phenolic OH excluding ortho intramolecular Hbond substituents is 6. The van der Waals surface area contributed by atoms with Gasteiger partial charge in [0.2, 0.25) is 0 Å². The van der Waals surface area contributed by atoms with Crippen molar-refractivity contribution in [3.05, 3.63) is 200 Å². The number of benzene rings is 13. The molecule has 21 nitrogen and oxygen atoms in total. The van der Waals surface area contributed by atoms with Gasteiger partial charge in [-0.05, 0) is 145 Å². The molecule has 758 valence electrons. The highest BCUT2D eigenvalue weighted by atomic mass is 16.5. The normalized spacial score (nSPS) is 11.5. The number of hydrogen-bond donors (Lipinski definition) is 6. The Morgan fingerprint density at radius 3 is 0.910 bits per heavy atom. The molecule has 3 heterocycles. The van der Waals surface area contributed by atoms with Crippen molar-refractivity contribution in [1.29, 1.82) is 0 Å². The van der Waals surface area contributed by atoms with Crippen molar-refractivity contribution in [3.8, 4) is 138 Å². The van der Waals surface area contributed by atoms with Crippen molar-refractivity contribution in [2.75, 3.05) is 39.6 Å². The highest BCUT2D eigenvalue weighted by Crippen LogP contribution is 2.47. The molecule has 0 aliphatic rings. The summed E-state index contributed by atoms with van der Waals surface area (Å²) >= 11 is 0. The SMILES string of the molecule is CCCCCCCCCCCCOc1cc(O)c(-c2nc(OCC)nc(-c3cc4ccccc4c4ccccc34)n2)c(O)c1.CCCCCCCCCCCCOc1cc(O)c(-c2nc(OCC)nc(-c3ccc4ccc5cccc6ccc3c4c56)n2)c(O)c1.CCCCCCCCCCCCOc1cc(O)c(-c2nc(OCCCCCCCCCCCC)nc(-c3ccc4cc5ccccc5cc4c3)n2)c(O)c1. The van der Waals surface area contributed by atoms with E-state index in [0.717, 1.165) is 122 Å². The summed E-state index contributed by atoms with van der Waals surface area (Å²) in [6.45, 7) is 15.5. The van der Waals surface area contributed by atoms with E-state index in [0.29, 0.717) is 74.4 Å². The van der Waals surface area contributed by atoms with Gasteiger partial charge >= 0.3 is 18.0 Å².